The summed E-state index contributed by atoms with van der Waals surface area (Å²) in [7, 11) is 5.19. The summed E-state index contributed by atoms with van der Waals surface area (Å²) in [6.07, 6.45) is 6.74. The standard InChI is InChI=1S/C23H24ClN5O3/c1-28(2)25-14-16-6-8-17(9-7-16)22(30)26-20-11-10-19(32-3)13-21(20)27-23(31)29-12-4-5-18(24)15-29/h4-14H,15H2,1-3H3,(H,26,30)(H,27,31). The number of allylic oxidation sites excluding steroid dienone is 2. The van der Waals surface area contributed by atoms with E-state index in [-0.39, 0.29) is 18.5 Å². The van der Waals surface area contributed by atoms with E-state index in [0.717, 1.165) is 5.56 Å². The molecule has 0 saturated carbocycles. The molecular formula is C23H24ClN5O3. The van der Waals surface area contributed by atoms with Crippen molar-refractivity contribution in [3.63, 3.8) is 0 Å². The van der Waals surface area contributed by atoms with Crippen LogP contribution in [0.1, 0.15) is 15.9 Å². The molecule has 9 heteroatoms. The Labute approximate surface area is 191 Å². The van der Waals surface area contributed by atoms with Crippen LogP contribution in [-0.2, 0) is 0 Å². The van der Waals surface area contributed by atoms with E-state index in [2.05, 4.69) is 15.7 Å². The van der Waals surface area contributed by atoms with Gasteiger partial charge in [0.1, 0.15) is 5.75 Å². The van der Waals surface area contributed by atoms with E-state index in [0.29, 0.717) is 27.7 Å². The zero-order chi connectivity index (χ0) is 23.1. The van der Waals surface area contributed by atoms with Crippen molar-refractivity contribution in [1.29, 1.82) is 0 Å². The van der Waals surface area contributed by atoms with Crippen molar-refractivity contribution in [3.8, 4) is 5.75 Å². The molecule has 166 valence electrons. The van der Waals surface area contributed by atoms with Crippen LogP contribution in [-0.4, -0.2) is 55.8 Å². The van der Waals surface area contributed by atoms with Gasteiger partial charge in [0.25, 0.3) is 5.91 Å². The molecule has 0 aliphatic carbocycles. The van der Waals surface area contributed by atoms with Gasteiger partial charge in [0, 0.05) is 37.0 Å². The molecule has 0 saturated heterocycles. The summed E-state index contributed by atoms with van der Waals surface area (Å²) < 4.78 is 5.26. The topological polar surface area (TPSA) is 86.3 Å². The third-order valence-corrected chi connectivity index (χ3v) is 4.70. The van der Waals surface area contributed by atoms with Gasteiger partial charge in [-0.15, -0.1) is 0 Å². The Hall–Kier alpha value is -3.78. The first-order chi connectivity index (χ1) is 15.4. The van der Waals surface area contributed by atoms with Gasteiger partial charge in [-0.25, -0.2) is 4.79 Å². The molecule has 0 spiro atoms. The van der Waals surface area contributed by atoms with Gasteiger partial charge >= 0.3 is 6.03 Å². The van der Waals surface area contributed by atoms with Crippen molar-refractivity contribution >= 4 is 41.1 Å². The Bertz CT molecular complexity index is 1080. The zero-order valence-electron chi connectivity index (χ0n) is 18.0. The summed E-state index contributed by atoms with van der Waals surface area (Å²) in [6.45, 7) is 0.263. The molecule has 0 unspecified atom stereocenters. The Morgan fingerprint density at radius 1 is 1.12 bits per heavy atom. The molecule has 3 rings (SSSR count). The minimum absolute atomic E-state index is 0.263. The van der Waals surface area contributed by atoms with Crippen molar-refractivity contribution < 1.29 is 14.3 Å². The van der Waals surface area contributed by atoms with Crippen LogP contribution in [0.25, 0.3) is 0 Å². The highest BCUT2D eigenvalue weighted by atomic mass is 35.5. The molecule has 1 aliphatic rings. The number of carbonyl (C=O) groups excluding carboxylic acids is 2. The fourth-order valence-electron chi connectivity index (χ4n) is 2.81. The lowest BCUT2D eigenvalue weighted by molar-refractivity contribution is 0.102. The minimum atomic E-state index is -0.388. The van der Waals surface area contributed by atoms with Crippen LogP contribution in [0.15, 0.2) is 71.0 Å². The lowest BCUT2D eigenvalue weighted by Crippen LogP contribution is -2.32. The van der Waals surface area contributed by atoms with Crippen LogP contribution >= 0.6 is 11.6 Å². The predicted molar refractivity (Wildman–Crippen MR) is 127 cm³/mol. The van der Waals surface area contributed by atoms with Crippen LogP contribution in [0.3, 0.4) is 0 Å². The van der Waals surface area contributed by atoms with Gasteiger partial charge < -0.3 is 20.4 Å². The average molecular weight is 454 g/mol. The SMILES string of the molecule is COc1ccc(NC(=O)c2ccc(C=NN(C)C)cc2)c(NC(=O)N2C=CC=C(Cl)C2)c1. The maximum absolute atomic E-state index is 12.8. The number of anilines is 2. The zero-order valence-corrected chi connectivity index (χ0v) is 18.8. The van der Waals surface area contributed by atoms with Gasteiger partial charge in [-0.1, -0.05) is 23.7 Å². The van der Waals surface area contributed by atoms with Gasteiger partial charge in [-0.3, -0.25) is 9.69 Å². The second kappa shape index (κ2) is 10.5. The van der Waals surface area contributed by atoms with E-state index in [9.17, 15) is 9.59 Å². The lowest BCUT2D eigenvalue weighted by Gasteiger charge is -2.22. The normalized spacial score (nSPS) is 13.0. The summed E-state index contributed by atoms with van der Waals surface area (Å²) in [6, 6.07) is 11.6. The fourth-order valence-corrected chi connectivity index (χ4v) is 3.01. The number of nitrogens with one attached hydrogen (secondary N) is 2. The highest BCUT2D eigenvalue weighted by molar-refractivity contribution is 6.30. The Morgan fingerprint density at radius 3 is 2.53 bits per heavy atom. The molecule has 0 atom stereocenters. The maximum Gasteiger partial charge on any atom is 0.326 e. The molecule has 2 aromatic carbocycles. The summed E-state index contributed by atoms with van der Waals surface area (Å²) in [5.41, 5.74) is 2.17. The predicted octanol–water partition coefficient (Wildman–Crippen LogP) is 4.33. The first kappa shape index (κ1) is 22.9. The third kappa shape index (κ3) is 6.12. The fraction of sp³-hybridized carbons (Fsp3) is 0.174. The second-order valence-electron chi connectivity index (χ2n) is 7.09. The van der Waals surface area contributed by atoms with Crippen LogP contribution in [0.2, 0.25) is 0 Å². The third-order valence-electron chi connectivity index (χ3n) is 4.45. The summed E-state index contributed by atoms with van der Waals surface area (Å²) >= 11 is 6.02. The largest absolute Gasteiger partial charge is 0.497 e. The number of rotatable bonds is 6. The van der Waals surface area contributed by atoms with E-state index < -0.39 is 0 Å². The van der Waals surface area contributed by atoms with Gasteiger partial charge in [-0.05, 0) is 42.0 Å². The lowest BCUT2D eigenvalue weighted by atomic mass is 10.1. The summed E-state index contributed by atoms with van der Waals surface area (Å²) in [5.74, 6) is 0.223. The molecule has 2 aromatic rings. The van der Waals surface area contributed by atoms with E-state index >= 15 is 0 Å². The van der Waals surface area contributed by atoms with E-state index in [1.165, 1.54) is 12.0 Å². The van der Waals surface area contributed by atoms with Crippen molar-refractivity contribution in [2.75, 3.05) is 38.4 Å². The summed E-state index contributed by atoms with van der Waals surface area (Å²) in [5, 5.41) is 12.0. The van der Waals surface area contributed by atoms with E-state index in [1.54, 1.807) is 72.0 Å². The van der Waals surface area contributed by atoms with Gasteiger partial charge in [-0.2, -0.15) is 5.10 Å². The first-order valence-electron chi connectivity index (χ1n) is 9.77. The van der Waals surface area contributed by atoms with Crippen LogP contribution in [0.4, 0.5) is 16.2 Å². The Morgan fingerprint density at radius 2 is 1.88 bits per heavy atom. The quantitative estimate of drug-likeness (QED) is 0.503. The number of carbonyl (C=O) groups is 2. The highest BCUT2D eigenvalue weighted by Gasteiger charge is 2.17. The van der Waals surface area contributed by atoms with E-state index in [4.69, 9.17) is 16.3 Å². The molecule has 0 fully saturated rings. The number of methoxy groups -OCH3 is 1. The van der Waals surface area contributed by atoms with Gasteiger partial charge in [0.05, 0.1) is 31.2 Å². The molecule has 32 heavy (non-hydrogen) atoms. The number of hydrazone groups is 1. The van der Waals surface area contributed by atoms with Crippen LogP contribution in [0.5, 0.6) is 5.75 Å². The molecule has 1 aliphatic heterocycles. The number of nitrogens with zero attached hydrogens (tertiary/aromatic N) is 3. The molecule has 8 nitrogen and oxygen atoms in total. The van der Waals surface area contributed by atoms with Gasteiger partial charge in [0.2, 0.25) is 0 Å². The summed E-state index contributed by atoms with van der Waals surface area (Å²) in [4.78, 5) is 26.9. The smallest absolute Gasteiger partial charge is 0.326 e. The van der Waals surface area contributed by atoms with Gasteiger partial charge in [0.15, 0.2) is 0 Å². The highest BCUT2D eigenvalue weighted by Crippen LogP contribution is 2.28. The average Bonchev–Trinajstić information content (AvgIpc) is 2.79. The molecular weight excluding hydrogens is 430 g/mol. The molecule has 2 N–H and O–H groups in total. The van der Waals surface area contributed by atoms with Crippen molar-refractivity contribution in [2.24, 2.45) is 5.10 Å². The first-order valence-corrected chi connectivity index (χ1v) is 10.1. The molecule has 3 amide bonds. The van der Waals surface area contributed by atoms with Crippen LogP contribution in [0, 0.1) is 0 Å². The number of benzene rings is 2. The van der Waals surface area contributed by atoms with Crippen molar-refractivity contribution in [3.05, 3.63) is 77.0 Å². The number of urea groups is 1. The monoisotopic (exact) mass is 453 g/mol. The van der Waals surface area contributed by atoms with E-state index in [1.807, 2.05) is 14.1 Å². The second-order valence-corrected chi connectivity index (χ2v) is 7.58. The Kier molecular flexibility index (Phi) is 7.51. The number of amides is 3. The number of hydrogen-bond donors (Lipinski definition) is 2. The molecule has 0 aromatic heterocycles. The van der Waals surface area contributed by atoms with Crippen molar-refractivity contribution in [2.45, 2.75) is 0 Å². The number of halogens is 1. The van der Waals surface area contributed by atoms with Crippen molar-refractivity contribution in [1.82, 2.24) is 9.91 Å². The molecule has 0 radical (unpaired) electrons. The number of ether oxygens (including phenoxy) is 1. The molecule has 1 heterocycles. The number of hydrogen-bond acceptors (Lipinski definition) is 5. The minimum Gasteiger partial charge on any atom is -0.497 e. The Balaban J connectivity index is 1.76. The van der Waals surface area contributed by atoms with Crippen LogP contribution < -0.4 is 15.4 Å². The molecule has 0 bridgehead atoms. The maximum atomic E-state index is 12.8.